The van der Waals surface area contributed by atoms with E-state index in [1.54, 1.807) is 20.8 Å². The number of rotatable bonds is 5. The van der Waals surface area contributed by atoms with Crippen molar-refractivity contribution in [1.29, 1.82) is 0 Å². The highest BCUT2D eigenvalue weighted by atomic mass is 16.6. The fourth-order valence-electron chi connectivity index (χ4n) is 0.961. The van der Waals surface area contributed by atoms with Gasteiger partial charge in [-0.1, -0.05) is 0 Å². The zero-order chi connectivity index (χ0) is 13.6. The van der Waals surface area contributed by atoms with Crippen molar-refractivity contribution >= 4 is 18.0 Å². The summed E-state index contributed by atoms with van der Waals surface area (Å²) in [5, 5.41) is 22.8. The van der Waals surface area contributed by atoms with Crippen LogP contribution in [0.2, 0.25) is 0 Å². The SMILES string of the molecule is CC(C)(C)OC(=O)N[C@H](CCC(=O)[O-])C(=O)[O-]. The Morgan fingerprint density at radius 2 is 1.76 bits per heavy atom. The largest absolute Gasteiger partial charge is 0.550 e. The van der Waals surface area contributed by atoms with Gasteiger partial charge in [-0.3, -0.25) is 0 Å². The number of carboxylic acid groups (broad SMARTS) is 2. The van der Waals surface area contributed by atoms with Crippen molar-refractivity contribution in [2.75, 3.05) is 0 Å². The van der Waals surface area contributed by atoms with Crippen LogP contribution in [0, 0.1) is 0 Å². The summed E-state index contributed by atoms with van der Waals surface area (Å²) in [6.45, 7) is 4.84. The summed E-state index contributed by atoms with van der Waals surface area (Å²) in [5.41, 5.74) is -0.769. The molecule has 0 aromatic rings. The van der Waals surface area contributed by atoms with Crippen LogP contribution >= 0.6 is 0 Å². The normalized spacial score (nSPS) is 12.6. The molecule has 0 rings (SSSR count). The molecule has 0 saturated heterocycles. The van der Waals surface area contributed by atoms with Gasteiger partial charge in [0.1, 0.15) is 5.60 Å². The second kappa shape index (κ2) is 6.07. The monoisotopic (exact) mass is 245 g/mol. The van der Waals surface area contributed by atoms with E-state index >= 15 is 0 Å². The molecule has 1 atom stereocenters. The van der Waals surface area contributed by atoms with Crippen LogP contribution in [0.1, 0.15) is 33.6 Å². The van der Waals surface area contributed by atoms with E-state index in [0.717, 1.165) is 0 Å². The molecule has 0 bridgehead atoms. The van der Waals surface area contributed by atoms with E-state index in [4.69, 9.17) is 4.74 Å². The summed E-state index contributed by atoms with van der Waals surface area (Å²) >= 11 is 0. The third kappa shape index (κ3) is 8.06. The van der Waals surface area contributed by atoms with Crippen LogP contribution in [0.3, 0.4) is 0 Å². The zero-order valence-corrected chi connectivity index (χ0v) is 9.94. The lowest BCUT2D eigenvalue weighted by Gasteiger charge is -2.24. The van der Waals surface area contributed by atoms with E-state index in [1.807, 2.05) is 5.32 Å². The smallest absolute Gasteiger partial charge is 0.408 e. The number of amides is 1. The van der Waals surface area contributed by atoms with E-state index in [0.29, 0.717) is 0 Å². The summed E-state index contributed by atoms with van der Waals surface area (Å²) in [6, 6.07) is -1.41. The van der Waals surface area contributed by atoms with Gasteiger partial charge >= 0.3 is 6.09 Å². The molecule has 0 fully saturated rings. The first-order valence-corrected chi connectivity index (χ1v) is 5.02. The maximum Gasteiger partial charge on any atom is 0.408 e. The van der Waals surface area contributed by atoms with Gasteiger partial charge < -0.3 is 29.9 Å². The van der Waals surface area contributed by atoms with Gasteiger partial charge in [-0.25, -0.2) is 4.79 Å². The first kappa shape index (κ1) is 15.2. The van der Waals surface area contributed by atoms with Crippen molar-refractivity contribution < 1.29 is 29.3 Å². The number of carbonyl (C=O) groups excluding carboxylic acids is 3. The van der Waals surface area contributed by atoms with Crippen LogP contribution in [-0.2, 0) is 14.3 Å². The first-order chi connectivity index (χ1) is 7.61. The lowest BCUT2D eigenvalue weighted by Crippen LogP contribution is -2.49. The number of ether oxygens (including phenoxy) is 1. The van der Waals surface area contributed by atoms with Crippen molar-refractivity contribution in [2.45, 2.75) is 45.3 Å². The predicted molar refractivity (Wildman–Crippen MR) is 52.4 cm³/mol. The maximum atomic E-state index is 11.2. The number of hydrogen-bond acceptors (Lipinski definition) is 6. The number of alkyl carbamates (subject to hydrolysis) is 1. The van der Waals surface area contributed by atoms with E-state index in [1.165, 1.54) is 0 Å². The van der Waals surface area contributed by atoms with E-state index < -0.39 is 36.1 Å². The Balaban J connectivity index is 4.30. The minimum atomic E-state index is -1.57. The van der Waals surface area contributed by atoms with Gasteiger partial charge in [0.25, 0.3) is 0 Å². The molecule has 7 heteroatoms. The highest BCUT2D eigenvalue weighted by Crippen LogP contribution is 2.07. The average molecular weight is 245 g/mol. The van der Waals surface area contributed by atoms with Crippen LogP contribution in [0.15, 0.2) is 0 Å². The molecule has 0 radical (unpaired) electrons. The van der Waals surface area contributed by atoms with Gasteiger partial charge in [0.05, 0.1) is 12.0 Å². The summed E-state index contributed by atoms with van der Waals surface area (Å²) in [5.74, 6) is -2.97. The lowest BCUT2D eigenvalue weighted by atomic mass is 10.1. The van der Waals surface area contributed by atoms with Gasteiger partial charge in [0.15, 0.2) is 0 Å². The fourth-order valence-corrected chi connectivity index (χ4v) is 0.961. The van der Waals surface area contributed by atoms with Crippen LogP contribution in [-0.4, -0.2) is 29.7 Å². The van der Waals surface area contributed by atoms with Crippen molar-refractivity contribution in [3.8, 4) is 0 Å². The van der Waals surface area contributed by atoms with E-state index in [2.05, 4.69) is 0 Å². The number of carboxylic acids is 2. The number of carbonyl (C=O) groups is 3. The molecule has 0 aliphatic carbocycles. The molecule has 17 heavy (non-hydrogen) atoms. The van der Waals surface area contributed by atoms with Gasteiger partial charge in [-0.15, -0.1) is 0 Å². The highest BCUT2D eigenvalue weighted by molar-refractivity contribution is 5.79. The zero-order valence-electron chi connectivity index (χ0n) is 9.94. The average Bonchev–Trinajstić information content (AvgIpc) is 2.08. The molecule has 7 nitrogen and oxygen atoms in total. The molecule has 0 aromatic heterocycles. The summed E-state index contributed by atoms with van der Waals surface area (Å²) in [6.07, 6.45) is -1.75. The molecular weight excluding hydrogens is 230 g/mol. The minimum absolute atomic E-state index is 0.316. The second-order valence-corrected chi connectivity index (χ2v) is 4.43. The number of aliphatic carboxylic acids is 2. The predicted octanol–water partition coefficient (Wildman–Crippen LogP) is -1.84. The van der Waals surface area contributed by atoms with Crippen LogP contribution in [0.4, 0.5) is 4.79 Å². The minimum Gasteiger partial charge on any atom is -0.550 e. The lowest BCUT2D eigenvalue weighted by molar-refractivity contribution is -0.310. The van der Waals surface area contributed by atoms with Crippen LogP contribution in [0.25, 0.3) is 0 Å². The molecule has 1 amide bonds. The van der Waals surface area contributed by atoms with Gasteiger partial charge in [0, 0.05) is 5.97 Å². The molecule has 98 valence electrons. The Morgan fingerprint density at radius 1 is 1.24 bits per heavy atom. The molecule has 0 aliphatic rings. The molecule has 0 heterocycles. The van der Waals surface area contributed by atoms with Crippen LogP contribution < -0.4 is 15.5 Å². The third-order valence-corrected chi connectivity index (χ3v) is 1.61. The Morgan fingerprint density at radius 3 is 2.12 bits per heavy atom. The first-order valence-electron chi connectivity index (χ1n) is 5.02. The highest BCUT2D eigenvalue weighted by Gasteiger charge is 2.19. The summed E-state index contributed by atoms with van der Waals surface area (Å²) in [7, 11) is 0. The quantitative estimate of drug-likeness (QED) is 0.608. The molecule has 0 aliphatic heterocycles. The maximum absolute atomic E-state index is 11.2. The molecule has 0 spiro atoms. The Bertz CT molecular complexity index is 306. The van der Waals surface area contributed by atoms with Crippen LogP contribution in [0.5, 0.6) is 0 Å². The summed E-state index contributed by atoms with van der Waals surface area (Å²) < 4.78 is 4.82. The Kier molecular flexibility index (Phi) is 5.43. The number of hydrogen-bond donors (Lipinski definition) is 1. The molecular formula is C10H15NO6-2. The molecule has 1 N–H and O–H groups in total. The van der Waals surface area contributed by atoms with Gasteiger partial charge in [0.2, 0.25) is 0 Å². The van der Waals surface area contributed by atoms with E-state index in [9.17, 15) is 24.6 Å². The third-order valence-electron chi connectivity index (χ3n) is 1.61. The van der Waals surface area contributed by atoms with Gasteiger partial charge in [-0.05, 0) is 33.6 Å². The van der Waals surface area contributed by atoms with Crippen molar-refractivity contribution in [2.24, 2.45) is 0 Å². The summed E-state index contributed by atoms with van der Waals surface area (Å²) in [4.78, 5) is 32.0. The Labute approximate surface area is 98.8 Å². The molecule has 0 aromatic carbocycles. The second-order valence-electron chi connectivity index (χ2n) is 4.43. The molecule has 0 saturated carbocycles. The fraction of sp³-hybridized carbons (Fsp3) is 0.700. The van der Waals surface area contributed by atoms with Crippen molar-refractivity contribution in [3.05, 3.63) is 0 Å². The topological polar surface area (TPSA) is 119 Å². The van der Waals surface area contributed by atoms with E-state index in [-0.39, 0.29) is 6.42 Å². The number of nitrogens with one attached hydrogen (secondary N) is 1. The molecule has 0 unspecified atom stereocenters. The standard InChI is InChI=1S/C10H17NO6/c1-10(2,3)17-9(16)11-6(8(14)15)4-5-7(12)13/h6H,4-5H2,1-3H3,(H,11,16)(H,12,13)(H,14,15)/p-2/t6-/m1/s1. The van der Waals surface area contributed by atoms with Gasteiger partial charge in [-0.2, -0.15) is 0 Å². The van der Waals surface area contributed by atoms with Crippen molar-refractivity contribution in [1.82, 2.24) is 5.32 Å². The van der Waals surface area contributed by atoms with Crippen molar-refractivity contribution in [3.63, 3.8) is 0 Å². The Hall–Kier alpha value is -1.79.